The van der Waals surface area contributed by atoms with Gasteiger partial charge in [-0.2, -0.15) is 0 Å². The SMILES string of the molecule is CCC1=C[C@@H]2C[NH2+][C@H]1[C@](Cl)(C(=O)OC)C2. The van der Waals surface area contributed by atoms with Crippen LogP contribution in [0.3, 0.4) is 0 Å². The van der Waals surface area contributed by atoms with Crippen molar-refractivity contribution < 1.29 is 14.8 Å². The summed E-state index contributed by atoms with van der Waals surface area (Å²) >= 11 is 6.45. The van der Waals surface area contributed by atoms with Crippen LogP contribution in [0.2, 0.25) is 0 Å². The van der Waals surface area contributed by atoms with Gasteiger partial charge in [0.25, 0.3) is 0 Å². The van der Waals surface area contributed by atoms with E-state index < -0.39 is 4.87 Å². The normalized spacial score (nSPS) is 38.7. The van der Waals surface area contributed by atoms with Gasteiger partial charge < -0.3 is 10.1 Å². The van der Waals surface area contributed by atoms with Crippen LogP contribution in [-0.2, 0) is 9.53 Å². The van der Waals surface area contributed by atoms with Crippen LogP contribution < -0.4 is 5.32 Å². The van der Waals surface area contributed by atoms with E-state index in [-0.39, 0.29) is 12.0 Å². The van der Waals surface area contributed by atoms with Crippen molar-refractivity contribution in [3.05, 3.63) is 11.6 Å². The molecule has 1 fully saturated rings. The second-order valence-electron chi connectivity index (χ2n) is 4.36. The summed E-state index contributed by atoms with van der Waals surface area (Å²) in [7, 11) is 1.41. The van der Waals surface area contributed by atoms with Gasteiger partial charge in [-0.1, -0.05) is 24.6 Å². The van der Waals surface area contributed by atoms with Crippen molar-refractivity contribution in [3.8, 4) is 0 Å². The molecule has 3 aliphatic rings. The summed E-state index contributed by atoms with van der Waals surface area (Å²) in [4.78, 5) is 10.9. The fourth-order valence-electron chi connectivity index (χ4n) is 2.79. The Morgan fingerprint density at radius 3 is 3.07 bits per heavy atom. The molecule has 2 bridgehead atoms. The lowest BCUT2D eigenvalue weighted by molar-refractivity contribution is -0.700. The van der Waals surface area contributed by atoms with Crippen molar-refractivity contribution in [3.63, 3.8) is 0 Å². The van der Waals surface area contributed by atoms with Crippen LogP contribution >= 0.6 is 11.6 Å². The van der Waals surface area contributed by atoms with Gasteiger partial charge in [-0.05, 0) is 18.4 Å². The van der Waals surface area contributed by atoms with E-state index in [9.17, 15) is 4.79 Å². The smallest absolute Gasteiger partial charge is 0.333 e. The third-order valence-electron chi connectivity index (χ3n) is 3.51. The first kappa shape index (κ1) is 11.0. The number of methoxy groups -OCH3 is 1. The molecule has 0 spiro atoms. The molecule has 3 atom stereocenters. The maximum Gasteiger partial charge on any atom is 0.333 e. The highest BCUT2D eigenvalue weighted by Crippen LogP contribution is 2.39. The predicted octanol–water partition coefficient (Wildman–Crippen LogP) is 0.439. The van der Waals surface area contributed by atoms with Gasteiger partial charge in [0.2, 0.25) is 0 Å². The molecule has 3 rings (SSSR count). The van der Waals surface area contributed by atoms with Gasteiger partial charge in [0, 0.05) is 5.92 Å². The quantitative estimate of drug-likeness (QED) is 0.425. The number of piperidine rings is 1. The van der Waals surface area contributed by atoms with E-state index in [4.69, 9.17) is 16.3 Å². The number of rotatable bonds is 2. The topological polar surface area (TPSA) is 42.9 Å². The number of carbonyl (C=O) groups is 1. The van der Waals surface area contributed by atoms with E-state index >= 15 is 0 Å². The first-order valence-electron chi connectivity index (χ1n) is 5.43. The lowest BCUT2D eigenvalue weighted by atomic mass is 9.73. The van der Waals surface area contributed by atoms with Gasteiger partial charge in [-0.3, -0.25) is 0 Å². The number of fused-ring (bicyclic) bond motifs is 2. The summed E-state index contributed by atoms with van der Waals surface area (Å²) in [5.41, 5.74) is 1.29. The molecular weight excluding hydrogens is 214 g/mol. The number of esters is 1. The first-order chi connectivity index (χ1) is 7.11. The van der Waals surface area contributed by atoms with Crippen LogP contribution in [0.25, 0.3) is 0 Å². The van der Waals surface area contributed by atoms with Gasteiger partial charge in [0.15, 0.2) is 4.87 Å². The van der Waals surface area contributed by atoms with Gasteiger partial charge in [0.1, 0.15) is 6.04 Å². The standard InChI is InChI=1S/C11H16ClNO2/c1-3-8-4-7-5-11(12,10(14)15-2)9(8)13-6-7/h4,7,9,13H,3,5-6H2,1-2H3/p+1/t7-,9+,11-/m0/s1. The first-order valence-corrected chi connectivity index (χ1v) is 5.81. The van der Waals surface area contributed by atoms with Crippen LogP contribution in [0.5, 0.6) is 0 Å². The summed E-state index contributed by atoms with van der Waals surface area (Å²) in [5.74, 6) is 0.135. The monoisotopic (exact) mass is 230 g/mol. The van der Waals surface area contributed by atoms with E-state index in [0.29, 0.717) is 12.3 Å². The largest absolute Gasteiger partial charge is 0.468 e. The Labute approximate surface area is 94.8 Å². The molecule has 0 saturated carbocycles. The molecule has 0 unspecified atom stereocenters. The van der Waals surface area contributed by atoms with E-state index in [0.717, 1.165) is 13.0 Å². The van der Waals surface area contributed by atoms with Gasteiger partial charge in [-0.15, -0.1) is 0 Å². The van der Waals surface area contributed by atoms with Crippen molar-refractivity contribution in [2.24, 2.45) is 5.92 Å². The van der Waals surface area contributed by atoms with Crippen molar-refractivity contribution >= 4 is 17.6 Å². The highest BCUT2D eigenvalue weighted by Gasteiger charge is 2.56. The van der Waals surface area contributed by atoms with E-state index in [1.54, 1.807) is 0 Å². The van der Waals surface area contributed by atoms with Crippen LogP contribution in [0, 0.1) is 5.92 Å². The molecule has 1 aliphatic carbocycles. The average molecular weight is 231 g/mol. The Kier molecular flexibility index (Phi) is 2.77. The minimum absolute atomic E-state index is 0.0709. The van der Waals surface area contributed by atoms with Crippen LogP contribution in [-0.4, -0.2) is 30.5 Å². The molecule has 0 aromatic heterocycles. The molecule has 3 nitrogen and oxygen atoms in total. The number of halogens is 1. The zero-order valence-electron chi connectivity index (χ0n) is 9.13. The Morgan fingerprint density at radius 1 is 1.80 bits per heavy atom. The van der Waals surface area contributed by atoms with Gasteiger partial charge in [0.05, 0.1) is 13.7 Å². The summed E-state index contributed by atoms with van der Waals surface area (Å²) in [5, 5.41) is 2.18. The Bertz CT molecular complexity index is 316. The fourth-order valence-corrected chi connectivity index (χ4v) is 3.29. The summed E-state index contributed by atoms with van der Waals surface area (Å²) in [6.07, 6.45) is 3.96. The molecule has 2 N–H and O–H groups in total. The van der Waals surface area contributed by atoms with E-state index in [1.165, 1.54) is 12.7 Å². The highest BCUT2D eigenvalue weighted by atomic mass is 35.5. The lowest BCUT2D eigenvalue weighted by Crippen LogP contribution is -2.99. The highest BCUT2D eigenvalue weighted by molar-refractivity contribution is 6.35. The number of hydrogen-bond donors (Lipinski definition) is 1. The van der Waals surface area contributed by atoms with Crippen molar-refractivity contribution in [2.45, 2.75) is 30.7 Å². The number of alkyl halides is 1. The molecule has 0 aromatic carbocycles. The molecule has 2 heterocycles. The molecule has 4 heteroatoms. The van der Waals surface area contributed by atoms with Crippen molar-refractivity contribution in [1.82, 2.24) is 0 Å². The minimum atomic E-state index is -0.836. The summed E-state index contributed by atoms with van der Waals surface area (Å²) in [6.45, 7) is 3.15. The zero-order chi connectivity index (χ0) is 11.1. The molecule has 0 radical (unpaired) electrons. The summed E-state index contributed by atoms with van der Waals surface area (Å²) in [6, 6.07) is 0.0709. The second kappa shape index (κ2) is 3.80. The van der Waals surface area contributed by atoms with Crippen molar-refractivity contribution in [1.29, 1.82) is 0 Å². The van der Waals surface area contributed by atoms with E-state index in [1.807, 2.05) is 0 Å². The van der Waals surface area contributed by atoms with Crippen molar-refractivity contribution in [2.75, 3.05) is 13.7 Å². The minimum Gasteiger partial charge on any atom is -0.468 e. The Balaban J connectivity index is 2.32. The molecule has 2 aliphatic heterocycles. The molecule has 15 heavy (non-hydrogen) atoms. The molecule has 84 valence electrons. The third-order valence-corrected chi connectivity index (χ3v) is 4.05. The number of quaternary nitrogens is 1. The maximum atomic E-state index is 11.7. The Hall–Kier alpha value is -0.540. The van der Waals surface area contributed by atoms with Gasteiger partial charge in [-0.25, -0.2) is 4.79 Å². The lowest BCUT2D eigenvalue weighted by Gasteiger charge is -2.43. The molecule has 0 amide bonds. The predicted molar refractivity (Wildman–Crippen MR) is 57.7 cm³/mol. The fraction of sp³-hybridized carbons (Fsp3) is 0.727. The average Bonchev–Trinajstić information content (AvgIpc) is 2.28. The van der Waals surface area contributed by atoms with Crippen LogP contribution in [0.1, 0.15) is 19.8 Å². The maximum absolute atomic E-state index is 11.7. The molecule has 1 saturated heterocycles. The number of ether oxygens (including phenoxy) is 1. The summed E-state index contributed by atoms with van der Waals surface area (Å²) < 4.78 is 4.82. The third kappa shape index (κ3) is 1.58. The number of carbonyl (C=O) groups excluding carboxylic acids is 1. The second-order valence-corrected chi connectivity index (χ2v) is 5.04. The molecule has 0 aromatic rings. The van der Waals surface area contributed by atoms with Gasteiger partial charge >= 0.3 is 5.97 Å². The van der Waals surface area contributed by atoms with Crippen LogP contribution in [0.4, 0.5) is 0 Å². The molecular formula is C11H17ClNO2+. The van der Waals surface area contributed by atoms with Crippen LogP contribution in [0.15, 0.2) is 11.6 Å². The number of hydrogen-bond acceptors (Lipinski definition) is 2. The van der Waals surface area contributed by atoms with E-state index in [2.05, 4.69) is 18.3 Å². The Morgan fingerprint density at radius 2 is 2.53 bits per heavy atom. The number of nitrogens with two attached hydrogens (primary N) is 1. The zero-order valence-corrected chi connectivity index (χ0v) is 9.88.